The largest absolute Gasteiger partial charge is 0.308 e. The second-order valence-electron chi connectivity index (χ2n) is 6.29. The first kappa shape index (κ1) is 18.3. The van der Waals surface area contributed by atoms with Gasteiger partial charge < -0.3 is 4.90 Å². The van der Waals surface area contributed by atoms with Crippen molar-refractivity contribution >= 4 is 6.08 Å². The molecule has 2 rings (SSSR count). The van der Waals surface area contributed by atoms with Gasteiger partial charge in [0.1, 0.15) is 0 Å². The van der Waals surface area contributed by atoms with E-state index in [-0.39, 0.29) is 0 Å². The van der Waals surface area contributed by atoms with Crippen molar-refractivity contribution in [3.63, 3.8) is 0 Å². The Morgan fingerprint density at radius 3 is 2.38 bits per heavy atom. The molecule has 4 nitrogen and oxygen atoms in total. The van der Waals surface area contributed by atoms with Crippen molar-refractivity contribution in [2.24, 2.45) is 0 Å². The molecule has 0 fully saturated rings. The lowest BCUT2D eigenvalue weighted by molar-refractivity contribution is 0.272. The average Bonchev–Trinajstić information content (AvgIpc) is 2.58. The number of likely N-dealkylation sites (N-methyl/N-ethyl adjacent to an activating group) is 2. The van der Waals surface area contributed by atoms with Crippen LogP contribution in [0.5, 0.6) is 0 Å². The molecule has 0 aromatic carbocycles. The summed E-state index contributed by atoms with van der Waals surface area (Å²) in [5.41, 5.74) is 4.20. The van der Waals surface area contributed by atoms with Crippen LogP contribution in [0.2, 0.25) is 0 Å². The van der Waals surface area contributed by atoms with Crippen LogP contribution in [0.3, 0.4) is 0 Å². The number of pyridine rings is 2. The Morgan fingerprint density at radius 2 is 1.71 bits per heavy atom. The predicted octanol–water partition coefficient (Wildman–Crippen LogP) is 3.35. The maximum Gasteiger partial charge on any atom is 0.0892 e. The van der Waals surface area contributed by atoms with Gasteiger partial charge in [-0.25, -0.2) is 0 Å². The number of nitrogens with zero attached hydrogens (tertiary/aromatic N) is 4. The van der Waals surface area contributed by atoms with E-state index in [4.69, 9.17) is 0 Å². The van der Waals surface area contributed by atoms with Gasteiger partial charge in [0.15, 0.2) is 0 Å². The molecular formula is C20H28N4. The van der Waals surface area contributed by atoms with Crippen LogP contribution in [0.25, 0.3) is 17.5 Å². The third-order valence-corrected chi connectivity index (χ3v) is 3.95. The Balaban J connectivity index is 2.01. The van der Waals surface area contributed by atoms with Crippen molar-refractivity contribution in [3.8, 4) is 11.4 Å². The van der Waals surface area contributed by atoms with Crippen LogP contribution in [0, 0.1) is 6.92 Å². The Hall–Kier alpha value is -2.04. The minimum atomic E-state index is 0.917. The Kier molecular flexibility index (Phi) is 7.09. The lowest BCUT2D eigenvalue weighted by atomic mass is 10.1. The highest BCUT2D eigenvalue weighted by molar-refractivity contribution is 5.60. The fraction of sp³-hybridized carbons (Fsp3) is 0.400. The lowest BCUT2D eigenvalue weighted by Gasteiger charge is -2.20. The first-order chi connectivity index (χ1) is 11.6. The standard InChI is InChI=1S/C20H28N4/c1-5-24(14-13-23(3)4)12-6-7-18-9-11-22-20(16-18)19-15-17(2)8-10-21-19/h6-11,15-16H,5,12-14H2,1-4H3/b7-6+. The highest BCUT2D eigenvalue weighted by atomic mass is 15.2. The van der Waals surface area contributed by atoms with E-state index in [1.807, 2.05) is 24.5 Å². The van der Waals surface area contributed by atoms with Crippen LogP contribution < -0.4 is 0 Å². The van der Waals surface area contributed by atoms with Gasteiger partial charge in [-0.1, -0.05) is 19.1 Å². The van der Waals surface area contributed by atoms with Gasteiger partial charge in [-0.2, -0.15) is 0 Å². The van der Waals surface area contributed by atoms with Crippen LogP contribution in [0.4, 0.5) is 0 Å². The number of aromatic nitrogens is 2. The Bertz CT molecular complexity index is 664. The van der Waals surface area contributed by atoms with Crippen LogP contribution in [0.1, 0.15) is 18.1 Å². The van der Waals surface area contributed by atoms with Gasteiger partial charge in [0.2, 0.25) is 0 Å². The third-order valence-electron chi connectivity index (χ3n) is 3.95. The topological polar surface area (TPSA) is 32.3 Å². The molecule has 0 atom stereocenters. The van der Waals surface area contributed by atoms with E-state index in [2.05, 4.69) is 72.0 Å². The quantitative estimate of drug-likeness (QED) is 0.745. The number of hydrogen-bond acceptors (Lipinski definition) is 4. The van der Waals surface area contributed by atoms with Crippen molar-refractivity contribution in [1.82, 2.24) is 19.8 Å². The van der Waals surface area contributed by atoms with E-state index in [0.29, 0.717) is 0 Å². The highest BCUT2D eigenvalue weighted by Crippen LogP contribution is 2.17. The molecule has 0 unspecified atom stereocenters. The first-order valence-electron chi connectivity index (χ1n) is 8.51. The normalized spacial score (nSPS) is 11.8. The van der Waals surface area contributed by atoms with E-state index >= 15 is 0 Å². The third kappa shape index (κ3) is 5.87. The zero-order valence-electron chi connectivity index (χ0n) is 15.2. The van der Waals surface area contributed by atoms with Crippen molar-refractivity contribution in [2.75, 3.05) is 40.3 Å². The molecule has 128 valence electrons. The summed E-state index contributed by atoms with van der Waals surface area (Å²) < 4.78 is 0. The molecule has 4 heteroatoms. The second kappa shape index (κ2) is 9.30. The fourth-order valence-corrected chi connectivity index (χ4v) is 2.42. The Labute approximate surface area is 145 Å². The zero-order chi connectivity index (χ0) is 17.4. The van der Waals surface area contributed by atoms with Gasteiger partial charge in [-0.05, 0) is 63.0 Å². The molecule has 0 saturated carbocycles. The van der Waals surface area contributed by atoms with Crippen LogP contribution >= 0.6 is 0 Å². The van der Waals surface area contributed by atoms with E-state index in [0.717, 1.165) is 43.1 Å². The van der Waals surface area contributed by atoms with Gasteiger partial charge in [-0.3, -0.25) is 14.9 Å². The van der Waals surface area contributed by atoms with Gasteiger partial charge >= 0.3 is 0 Å². The summed E-state index contributed by atoms with van der Waals surface area (Å²) in [6.07, 6.45) is 8.07. The first-order valence-corrected chi connectivity index (χ1v) is 8.51. The number of aryl methyl sites for hydroxylation is 1. The van der Waals surface area contributed by atoms with Gasteiger partial charge in [0.25, 0.3) is 0 Å². The molecule has 0 bridgehead atoms. The average molecular weight is 324 g/mol. The molecule has 0 amide bonds. The molecule has 2 heterocycles. The van der Waals surface area contributed by atoms with E-state index in [1.165, 1.54) is 5.56 Å². The molecule has 0 radical (unpaired) electrons. The summed E-state index contributed by atoms with van der Waals surface area (Å²) >= 11 is 0. The van der Waals surface area contributed by atoms with E-state index < -0.39 is 0 Å². The molecule has 0 aliphatic carbocycles. The Morgan fingerprint density at radius 1 is 1.00 bits per heavy atom. The lowest BCUT2D eigenvalue weighted by Crippen LogP contribution is -2.31. The molecule has 0 aliphatic rings. The predicted molar refractivity (Wildman–Crippen MR) is 102 cm³/mol. The van der Waals surface area contributed by atoms with Gasteiger partial charge in [0, 0.05) is 32.0 Å². The van der Waals surface area contributed by atoms with E-state index in [9.17, 15) is 0 Å². The SMILES string of the molecule is CCN(C/C=C/c1ccnc(-c2cc(C)ccn2)c1)CCN(C)C. The zero-order valence-corrected chi connectivity index (χ0v) is 15.2. The van der Waals surface area contributed by atoms with Crippen molar-refractivity contribution in [3.05, 3.63) is 53.9 Å². The molecule has 0 aliphatic heterocycles. The number of rotatable bonds is 8. The summed E-state index contributed by atoms with van der Waals surface area (Å²) in [5.74, 6) is 0. The van der Waals surface area contributed by atoms with Crippen molar-refractivity contribution < 1.29 is 0 Å². The van der Waals surface area contributed by atoms with Crippen LogP contribution in [-0.2, 0) is 0 Å². The monoisotopic (exact) mass is 324 g/mol. The summed E-state index contributed by atoms with van der Waals surface area (Å²) in [6.45, 7) is 8.47. The van der Waals surface area contributed by atoms with Gasteiger partial charge in [0.05, 0.1) is 11.4 Å². The maximum absolute atomic E-state index is 4.45. The van der Waals surface area contributed by atoms with Crippen LogP contribution in [0.15, 0.2) is 42.7 Å². The molecule has 2 aromatic rings. The van der Waals surface area contributed by atoms with Crippen molar-refractivity contribution in [1.29, 1.82) is 0 Å². The van der Waals surface area contributed by atoms with E-state index in [1.54, 1.807) is 0 Å². The summed E-state index contributed by atoms with van der Waals surface area (Å²) in [4.78, 5) is 13.5. The molecule has 0 spiro atoms. The van der Waals surface area contributed by atoms with Crippen LogP contribution in [-0.4, -0.2) is 60.0 Å². The summed E-state index contributed by atoms with van der Waals surface area (Å²) in [7, 11) is 4.23. The summed E-state index contributed by atoms with van der Waals surface area (Å²) in [6, 6.07) is 8.19. The molecule has 24 heavy (non-hydrogen) atoms. The summed E-state index contributed by atoms with van der Waals surface area (Å²) in [5, 5.41) is 0. The maximum atomic E-state index is 4.45. The number of hydrogen-bond donors (Lipinski definition) is 0. The van der Waals surface area contributed by atoms with Gasteiger partial charge in [-0.15, -0.1) is 0 Å². The second-order valence-corrected chi connectivity index (χ2v) is 6.29. The molecule has 0 saturated heterocycles. The van der Waals surface area contributed by atoms with Crippen molar-refractivity contribution in [2.45, 2.75) is 13.8 Å². The highest BCUT2D eigenvalue weighted by Gasteiger charge is 2.02. The fourth-order valence-electron chi connectivity index (χ4n) is 2.42. The smallest absolute Gasteiger partial charge is 0.0892 e. The minimum Gasteiger partial charge on any atom is -0.308 e. The molecular weight excluding hydrogens is 296 g/mol. The minimum absolute atomic E-state index is 0.917. The molecule has 0 N–H and O–H groups in total. The molecule has 2 aromatic heterocycles.